The number of carbonyl (C=O) groups is 3. The first-order chi connectivity index (χ1) is 18.3. The van der Waals surface area contributed by atoms with Gasteiger partial charge < -0.3 is 20.3 Å². The summed E-state index contributed by atoms with van der Waals surface area (Å²) in [6.45, 7) is 6.03. The molecule has 0 bridgehead atoms. The zero-order valence-electron chi connectivity index (χ0n) is 21.5. The van der Waals surface area contributed by atoms with Gasteiger partial charge in [-0.05, 0) is 61.7 Å². The molecule has 8 nitrogen and oxygen atoms in total. The van der Waals surface area contributed by atoms with Gasteiger partial charge in [-0.15, -0.1) is 0 Å². The van der Waals surface area contributed by atoms with Crippen molar-refractivity contribution in [3.05, 3.63) is 101 Å². The summed E-state index contributed by atoms with van der Waals surface area (Å²) in [5, 5.41) is 17.9. The molecule has 1 fully saturated rings. The normalized spacial score (nSPS) is 13.6. The minimum Gasteiger partial charge on any atom is -0.489 e. The lowest BCUT2D eigenvalue weighted by atomic mass is 9.95. The SMILES string of the molecule is Cc1ccc(CNC(=O)C2CCN(Cc3cccc(OCc4ccccc4)c3)CC2)cc1.O=C(O)C(=O)O. The number of aliphatic carboxylic acids is 2. The highest BCUT2D eigenvalue weighted by Gasteiger charge is 2.24. The Balaban J connectivity index is 0.000000599. The fraction of sp³-hybridized carbons (Fsp3) is 0.300. The maximum Gasteiger partial charge on any atom is 0.414 e. The van der Waals surface area contributed by atoms with Crippen molar-refractivity contribution in [1.29, 1.82) is 0 Å². The summed E-state index contributed by atoms with van der Waals surface area (Å²) in [4.78, 5) is 33.2. The van der Waals surface area contributed by atoms with E-state index in [1.165, 1.54) is 16.7 Å². The molecule has 200 valence electrons. The van der Waals surface area contributed by atoms with Gasteiger partial charge in [0.05, 0.1) is 0 Å². The standard InChI is InChI=1S/C28H32N2O2.C2H2O4/c1-22-10-12-23(13-11-22)19-29-28(31)26-14-16-30(17-15-26)20-25-8-5-9-27(18-25)32-21-24-6-3-2-4-7-24;3-1(4)2(5)6/h2-13,18,26H,14-17,19-21H2,1H3,(H,29,31);(H,3,4)(H,5,6). The van der Waals surface area contributed by atoms with Crippen LogP contribution in [-0.2, 0) is 34.1 Å². The van der Waals surface area contributed by atoms with Gasteiger partial charge in [0, 0.05) is 19.0 Å². The van der Waals surface area contributed by atoms with Gasteiger partial charge in [0.25, 0.3) is 0 Å². The summed E-state index contributed by atoms with van der Waals surface area (Å²) in [6.07, 6.45) is 1.81. The first-order valence-electron chi connectivity index (χ1n) is 12.6. The van der Waals surface area contributed by atoms with Crippen molar-refractivity contribution in [1.82, 2.24) is 10.2 Å². The lowest BCUT2D eigenvalue weighted by Crippen LogP contribution is -2.40. The van der Waals surface area contributed by atoms with Crippen LogP contribution in [0, 0.1) is 12.8 Å². The lowest BCUT2D eigenvalue weighted by Gasteiger charge is -2.31. The van der Waals surface area contributed by atoms with Crippen LogP contribution in [0.3, 0.4) is 0 Å². The van der Waals surface area contributed by atoms with Gasteiger partial charge in [-0.1, -0.05) is 72.3 Å². The van der Waals surface area contributed by atoms with Gasteiger partial charge in [-0.2, -0.15) is 0 Å². The summed E-state index contributed by atoms with van der Waals surface area (Å²) in [5.41, 5.74) is 4.80. The monoisotopic (exact) mass is 518 g/mol. The second kappa shape index (κ2) is 14.5. The molecule has 1 saturated heterocycles. The Morgan fingerprint density at radius 2 is 1.47 bits per heavy atom. The number of ether oxygens (including phenoxy) is 1. The Kier molecular flexibility index (Phi) is 10.9. The van der Waals surface area contributed by atoms with Crippen molar-refractivity contribution in [3.63, 3.8) is 0 Å². The Hall–Kier alpha value is -4.17. The van der Waals surface area contributed by atoms with Crippen LogP contribution in [-0.4, -0.2) is 46.0 Å². The van der Waals surface area contributed by atoms with E-state index in [-0.39, 0.29) is 11.8 Å². The molecule has 8 heteroatoms. The number of likely N-dealkylation sites (tertiary alicyclic amines) is 1. The minimum absolute atomic E-state index is 0.109. The van der Waals surface area contributed by atoms with Crippen LogP contribution in [0.15, 0.2) is 78.9 Å². The number of rotatable bonds is 8. The minimum atomic E-state index is -1.82. The Bertz CT molecular complexity index is 1180. The van der Waals surface area contributed by atoms with E-state index in [0.29, 0.717) is 13.2 Å². The summed E-state index contributed by atoms with van der Waals surface area (Å²) in [7, 11) is 0. The van der Waals surface area contributed by atoms with Gasteiger partial charge in [-0.25, -0.2) is 9.59 Å². The number of piperidine rings is 1. The Morgan fingerprint density at radius 1 is 0.842 bits per heavy atom. The van der Waals surface area contributed by atoms with Crippen molar-refractivity contribution in [2.45, 2.75) is 39.5 Å². The van der Waals surface area contributed by atoms with E-state index < -0.39 is 11.9 Å². The molecule has 1 heterocycles. The third-order valence-electron chi connectivity index (χ3n) is 6.28. The van der Waals surface area contributed by atoms with Crippen molar-refractivity contribution in [3.8, 4) is 5.75 Å². The van der Waals surface area contributed by atoms with E-state index >= 15 is 0 Å². The van der Waals surface area contributed by atoms with Crippen molar-refractivity contribution in [2.75, 3.05) is 13.1 Å². The number of benzene rings is 3. The van der Waals surface area contributed by atoms with Gasteiger partial charge in [0.15, 0.2) is 0 Å². The largest absolute Gasteiger partial charge is 0.489 e. The fourth-order valence-corrected chi connectivity index (χ4v) is 4.13. The third kappa shape index (κ3) is 9.71. The Labute approximate surface area is 222 Å². The van der Waals surface area contributed by atoms with Crippen LogP contribution in [0.25, 0.3) is 0 Å². The smallest absolute Gasteiger partial charge is 0.414 e. The summed E-state index contributed by atoms with van der Waals surface area (Å²) in [5.74, 6) is -2.46. The highest BCUT2D eigenvalue weighted by molar-refractivity contribution is 6.27. The number of hydrogen-bond acceptors (Lipinski definition) is 5. The zero-order valence-corrected chi connectivity index (χ0v) is 21.5. The van der Waals surface area contributed by atoms with Crippen molar-refractivity contribution < 1.29 is 29.3 Å². The van der Waals surface area contributed by atoms with Crippen LogP contribution in [0.2, 0.25) is 0 Å². The molecule has 38 heavy (non-hydrogen) atoms. The molecule has 3 aromatic rings. The molecule has 4 rings (SSSR count). The van der Waals surface area contributed by atoms with E-state index in [4.69, 9.17) is 24.5 Å². The van der Waals surface area contributed by atoms with Crippen LogP contribution in [0.5, 0.6) is 5.75 Å². The quantitative estimate of drug-likeness (QED) is 0.382. The topological polar surface area (TPSA) is 116 Å². The molecule has 0 aromatic heterocycles. The molecule has 0 unspecified atom stereocenters. The van der Waals surface area contributed by atoms with E-state index in [9.17, 15) is 4.79 Å². The van der Waals surface area contributed by atoms with E-state index in [2.05, 4.69) is 71.7 Å². The second-order valence-electron chi connectivity index (χ2n) is 9.29. The molecule has 0 atom stereocenters. The van der Waals surface area contributed by atoms with Gasteiger partial charge in [0.2, 0.25) is 5.91 Å². The lowest BCUT2D eigenvalue weighted by molar-refractivity contribution is -0.159. The first kappa shape index (κ1) is 28.4. The van der Waals surface area contributed by atoms with Gasteiger partial charge >= 0.3 is 11.9 Å². The van der Waals surface area contributed by atoms with Crippen molar-refractivity contribution >= 4 is 17.8 Å². The van der Waals surface area contributed by atoms with E-state index in [1.54, 1.807) is 0 Å². The molecule has 0 aliphatic carbocycles. The molecule has 3 N–H and O–H groups in total. The predicted octanol–water partition coefficient (Wildman–Crippen LogP) is 4.26. The number of carbonyl (C=O) groups excluding carboxylic acids is 1. The van der Waals surface area contributed by atoms with E-state index in [1.807, 2.05) is 24.3 Å². The highest BCUT2D eigenvalue weighted by Crippen LogP contribution is 2.21. The van der Waals surface area contributed by atoms with Gasteiger partial charge in [0.1, 0.15) is 12.4 Å². The number of carboxylic acids is 2. The van der Waals surface area contributed by atoms with Crippen LogP contribution in [0.1, 0.15) is 35.1 Å². The van der Waals surface area contributed by atoms with Crippen LogP contribution >= 0.6 is 0 Å². The second-order valence-corrected chi connectivity index (χ2v) is 9.29. The van der Waals surface area contributed by atoms with E-state index in [0.717, 1.165) is 43.8 Å². The number of amides is 1. The first-order valence-corrected chi connectivity index (χ1v) is 12.6. The molecule has 0 saturated carbocycles. The summed E-state index contributed by atoms with van der Waals surface area (Å²) >= 11 is 0. The van der Waals surface area contributed by atoms with Crippen LogP contribution in [0.4, 0.5) is 0 Å². The summed E-state index contributed by atoms with van der Waals surface area (Å²) < 4.78 is 5.97. The third-order valence-corrected chi connectivity index (χ3v) is 6.28. The number of aryl methyl sites for hydroxylation is 1. The number of carboxylic acid groups (broad SMARTS) is 2. The molecule has 1 amide bonds. The molecule has 0 spiro atoms. The number of hydrogen-bond donors (Lipinski definition) is 3. The molecule has 0 radical (unpaired) electrons. The Morgan fingerprint density at radius 3 is 2.11 bits per heavy atom. The predicted molar refractivity (Wildman–Crippen MR) is 144 cm³/mol. The van der Waals surface area contributed by atoms with Crippen LogP contribution < -0.4 is 10.1 Å². The molecule has 3 aromatic carbocycles. The fourth-order valence-electron chi connectivity index (χ4n) is 4.13. The van der Waals surface area contributed by atoms with Gasteiger partial charge in [-0.3, -0.25) is 9.69 Å². The molecular weight excluding hydrogens is 484 g/mol. The number of nitrogens with one attached hydrogen (secondary N) is 1. The molecule has 1 aliphatic heterocycles. The average Bonchev–Trinajstić information content (AvgIpc) is 2.93. The molecule has 1 aliphatic rings. The summed E-state index contributed by atoms with van der Waals surface area (Å²) in [6, 6.07) is 26.9. The highest BCUT2D eigenvalue weighted by atomic mass is 16.5. The average molecular weight is 519 g/mol. The number of nitrogens with zero attached hydrogens (tertiary/aromatic N) is 1. The maximum atomic E-state index is 12.6. The van der Waals surface area contributed by atoms with Crippen molar-refractivity contribution in [2.24, 2.45) is 5.92 Å². The maximum absolute atomic E-state index is 12.6. The zero-order chi connectivity index (χ0) is 27.3. The molecular formula is C30H34N2O6.